The number of benzene rings is 1. The fourth-order valence-electron chi connectivity index (χ4n) is 1.39. The molecule has 0 aliphatic carbocycles. The second kappa shape index (κ2) is 5.19. The second-order valence-electron chi connectivity index (χ2n) is 3.48. The lowest BCUT2D eigenvalue weighted by atomic mass is 10.2. The molecule has 0 aliphatic rings. The summed E-state index contributed by atoms with van der Waals surface area (Å²) in [4.78, 5) is 0. The van der Waals surface area contributed by atoms with Crippen molar-refractivity contribution >= 4 is 15.9 Å². The molecule has 2 aromatic rings. The molecule has 0 fully saturated rings. The molecule has 0 bridgehead atoms. The second-order valence-corrected chi connectivity index (χ2v) is 4.28. The molecule has 92 valence electrons. The average molecular weight is 310 g/mol. The molecule has 0 saturated heterocycles. The summed E-state index contributed by atoms with van der Waals surface area (Å²) in [5.41, 5.74) is 0.226. The first kappa shape index (κ1) is 12.6. The molecule has 0 radical (unpaired) electrons. The molecular formula is C12H9BrFN3O. The van der Waals surface area contributed by atoms with Crippen molar-refractivity contribution < 1.29 is 9.13 Å². The van der Waals surface area contributed by atoms with E-state index in [1.54, 1.807) is 10.9 Å². The first-order valence-electron chi connectivity index (χ1n) is 5.24. The fourth-order valence-corrected chi connectivity index (χ4v) is 1.81. The van der Waals surface area contributed by atoms with Crippen molar-refractivity contribution in [3.05, 3.63) is 40.4 Å². The lowest BCUT2D eigenvalue weighted by Crippen LogP contribution is -1.93. The molecule has 2 rings (SSSR count). The Hall–Kier alpha value is -1.87. The average Bonchev–Trinajstić information content (AvgIpc) is 2.83. The Morgan fingerprint density at radius 1 is 1.56 bits per heavy atom. The summed E-state index contributed by atoms with van der Waals surface area (Å²) in [5, 5.41) is 12.8. The van der Waals surface area contributed by atoms with Gasteiger partial charge in [-0.2, -0.15) is 10.4 Å². The minimum absolute atomic E-state index is 0.0523. The summed E-state index contributed by atoms with van der Waals surface area (Å²) in [5.74, 6) is -0.0952. The number of hydrogen-bond acceptors (Lipinski definition) is 3. The molecule has 0 N–H and O–H groups in total. The van der Waals surface area contributed by atoms with E-state index < -0.39 is 5.82 Å². The lowest BCUT2D eigenvalue weighted by Gasteiger charge is -2.06. The number of rotatable bonds is 3. The Morgan fingerprint density at radius 2 is 2.33 bits per heavy atom. The van der Waals surface area contributed by atoms with Crippen molar-refractivity contribution in [2.45, 2.75) is 13.5 Å². The van der Waals surface area contributed by atoms with Crippen LogP contribution in [-0.2, 0) is 6.54 Å². The van der Waals surface area contributed by atoms with Crippen LogP contribution in [0.25, 0.3) is 0 Å². The van der Waals surface area contributed by atoms with Gasteiger partial charge in [0.15, 0.2) is 17.3 Å². The van der Waals surface area contributed by atoms with Gasteiger partial charge in [-0.3, -0.25) is 4.68 Å². The monoisotopic (exact) mass is 309 g/mol. The van der Waals surface area contributed by atoms with Crippen LogP contribution in [0.15, 0.2) is 29.0 Å². The van der Waals surface area contributed by atoms with Crippen molar-refractivity contribution in [3.8, 4) is 17.6 Å². The Morgan fingerprint density at radius 3 is 2.94 bits per heavy atom. The zero-order valence-electron chi connectivity index (χ0n) is 9.52. The molecular weight excluding hydrogens is 301 g/mol. The number of ether oxygens (including phenoxy) is 1. The molecule has 0 spiro atoms. The Balaban J connectivity index is 2.30. The maximum absolute atomic E-state index is 13.9. The predicted octanol–water partition coefficient (Wildman–Crippen LogP) is 3.47. The highest BCUT2D eigenvalue weighted by Gasteiger charge is 2.13. The quantitative estimate of drug-likeness (QED) is 0.872. The van der Waals surface area contributed by atoms with Gasteiger partial charge in [-0.15, -0.1) is 0 Å². The molecule has 6 heteroatoms. The molecule has 0 amide bonds. The minimum atomic E-state index is -0.599. The van der Waals surface area contributed by atoms with Crippen molar-refractivity contribution in [1.82, 2.24) is 9.78 Å². The van der Waals surface area contributed by atoms with Crippen molar-refractivity contribution in [1.29, 1.82) is 5.26 Å². The third kappa shape index (κ3) is 2.36. The van der Waals surface area contributed by atoms with Crippen LogP contribution in [0.4, 0.5) is 4.39 Å². The molecule has 1 heterocycles. The zero-order valence-corrected chi connectivity index (χ0v) is 11.1. The van der Waals surface area contributed by atoms with Gasteiger partial charge >= 0.3 is 0 Å². The van der Waals surface area contributed by atoms with E-state index in [9.17, 15) is 4.39 Å². The number of aryl methyl sites for hydroxylation is 1. The van der Waals surface area contributed by atoms with Crippen molar-refractivity contribution in [2.75, 3.05) is 0 Å². The summed E-state index contributed by atoms with van der Waals surface area (Å²) in [6, 6.07) is 4.79. The summed E-state index contributed by atoms with van der Waals surface area (Å²) in [6.45, 7) is 2.65. The van der Waals surface area contributed by atoms with Gasteiger partial charge in [0.2, 0.25) is 0 Å². The van der Waals surface area contributed by atoms with Crippen LogP contribution in [-0.4, -0.2) is 9.78 Å². The van der Waals surface area contributed by atoms with Crippen LogP contribution < -0.4 is 4.74 Å². The molecule has 1 aromatic heterocycles. The molecule has 0 aliphatic heterocycles. The molecule has 4 nitrogen and oxygen atoms in total. The number of nitrogens with zero attached hydrogens (tertiary/aromatic N) is 3. The van der Waals surface area contributed by atoms with Gasteiger partial charge < -0.3 is 4.74 Å². The Kier molecular flexibility index (Phi) is 3.63. The van der Waals surface area contributed by atoms with E-state index >= 15 is 0 Å². The van der Waals surface area contributed by atoms with E-state index in [-0.39, 0.29) is 15.8 Å². The summed E-state index contributed by atoms with van der Waals surface area (Å²) in [7, 11) is 0. The predicted molar refractivity (Wildman–Crippen MR) is 66.8 cm³/mol. The van der Waals surface area contributed by atoms with E-state index in [0.29, 0.717) is 12.3 Å². The minimum Gasteiger partial charge on any atom is -0.451 e. The standard InChI is InChI=1S/C12H9BrFN3O/c1-2-17-7-9(6-16-17)18-10-4-3-8(5-15)11(13)12(10)14/h3-4,6-7H,2H2,1H3. The van der Waals surface area contributed by atoms with Crippen LogP contribution in [0.3, 0.4) is 0 Å². The van der Waals surface area contributed by atoms with Crippen LogP contribution >= 0.6 is 15.9 Å². The topological polar surface area (TPSA) is 50.8 Å². The van der Waals surface area contributed by atoms with Gasteiger partial charge in [-0.25, -0.2) is 4.39 Å². The first-order chi connectivity index (χ1) is 8.65. The van der Waals surface area contributed by atoms with Gasteiger partial charge in [0.25, 0.3) is 0 Å². The van der Waals surface area contributed by atoms with Gasteiger partial charge in [0.05, 0.1) is 22.4 Å². The highest BCUT2D eigenvalue weighted by atomic mass is 79.9. The molecule has 0 atom stereocenters. The van der Waals surface area contributed by atoms with Crippen molar-refractivity contribution in [2.24, 2.45) is 0 Å². The Bertz CT molecular complexity index is 618. The number of nitriles is 1. The maximum atomic E-state index is 13.9. The molecule has 1 aromatic carbocycles. The molecule has 0 saturated carbocycles. The van der Waals surface area contributed by atoms with E-state index in [1.165, 1.54) is 18.3 Å². The highest BCUT2D eigenvalue weighted by Crippen LogP contribution is 2.31. The van der Waals surface area contributed by atoms with Crippen molar-refractivity contribution in [3.63, 3.8) is 0 Å². The summed E-state index contributed by atoms with van der Waals surface area (Å²) in [6.07, 6.45) is 3.18. The number of hydrogen-bond donors (Lipinski definition) is 0. The van der Waals surface area contributed by atoms with Gasteiger partial charge in [-0.05, 0) is 35.0 Å². The first-order valence-corrected chi connectivity index (χ1v) is 6.03. The zero-order chi connectivity index (χ0) is 13.1. The third-order valence-electron chi connectivity index (χ3n) is 2.33. The van der Waals surface area contributed by atoms with Crippen LogP contribution in [0.2, 0.25) is 0 Å². The normalized spacial score (nSPS) is 10.1. The SMILES string of the molecule is CCn1cc(Oc2ccc(C#N)c(Br)c2F)cn1. The lowest BCUT2D eigenvalue weighted by molar-refractivity contribution is 0.439. The Labute approximate surface area is 112 Å². The van der Waals surface area contributed by atoms with Crippen LogP contribution in [0.5, 0.6) is 11.5 Å². The van der Waals surface area contributed by atoms with Gasteiger partial charge in [0, 0.05) is 6.54 Å². The van der Waals surface area contributed by atoms with E-state index in [1.807, 2.05) is 13.0 Å². The number of aromatic nitrogens is 2. The largest absolute Gasteiger partial charge is 0.451 e. The molecule has 0 unspecified atom stereocenters. The van der Waals surface area contributed by atoms with E-state index in [2.05, 4.69) is 21.0 Å². The summed E-state index contributed by atoms with van der Waals surface area (Å²) >= 11 is 3.03. The summed E-state index contributed by atoms with van der Waals surface area (Å²) < 4.78 is 21.0. The molecule has 18 heavy (non-hydrogen) atoms. The fraction of sp³-hybridized carbons (Fsp3) is 0.167. The van der Waals surface area contributed by atoms with Crippen LogP contribution in [0.1, 0.15) is 12.5 Å². The number of halogens is 2. The highest BCUT2D eigenvalue weighted by molar-refractivity contribution is 9.10. The van der Waals surface area contributed by atoms with Gasteiger partial charge in [-0.1, -0.05) is 0 Å². The van der Waals surface area contributed by atoms with Gasteiger partial charge in [0.1, 0.15) is 6.07 Å². The van der Waals surface area contributed by atoms with Crippen LogP contribution in [0, 0.1) is 17.1 Å². The third-order valence-corrected chi connectivity index (χ3v) is 3.10. The smallest absolute Gasteiger partial charge is 0.181 e. The van der Waals surface area contributed by atoms with E-state index in [4.69, 9.17) is 10.00 Å². The van der Waals surface area contributed by atoms with E-state index in [0.717, 1.165) is 0 Å². The maximum Gasteiger partial charge on any atom is 0.181 e.